The number of carbonyl (C=O) groups excluding carboxylic acids is 1. The number of likely N-dealkylation sites (tertiary alicyclic amines) is 1. The van der Waals surface area contributed by atoms with Crippen molar-refractivity contribution in [1.29, 1.82) is 0 Å². The number of piperidine rings is 2. The molecule has 202 valence electrons. The van der Waals surface area contributed by atoms with Crippen LogP contribution in [0.5, 0.6) is 0 Å². The molecule has 5 heterocycles. The van der Waals surface area contributed by atoms with Crippen molar-refractivity contribution in [3.05, 3.63) is 47.0 Å². The Morgan fingerprint density at radius 3 is 2.66 bits per heavy atom. The number of carbonyl (C=O) groups is 1. The van der Waals surface area contributed by atoms with E-state index in [4.69, 9.17) is 16.6 Å². The first kappa shape index (κ1) is 25.6. The zero-order valence-corrected chi connectivity index (χ0v) is 22.9. The van der Waals surface area contributed by atoms with Crippen LogP contribution in [0.15, 0.2) is 30.6 Å². The van der Waals surface area contributed by atoms with Gasteiger partial charge in [-0.3, -0.25) is 9.69 Å². The molecule has 2 aromatic heterocycles. The van der Waals surface area contributed by atoms with Gasteiger partial charge in [0.1, 0.15) is 12.2 Å². The van der Waals surface area contributed by atoms with Crippen LogP contribution < -0.4 is 10.2 Å². The highest BCUT2D eigenvalue weighted by Gasteiger charge is 2.30. The lowest BCUT2D eigenvalue weighted by atomic mass is 9.94. The van der Waals surface area contributed by atoms with E-state index in [2.05, 4.69) is 41.8 Å². The summed E-state index contributed by atoms with van der Waals surface area (Å²) >= 11 is 6.02. The highest BCUT2D eigenvalue weighted by Crippen LogP contribution is 2.29. The number of nitrogens with zero attached hydrogens (tertiary/aromatic N) is 6. The molecule has 0 bridgehead atoms. The predicted octanol–water partition coefficient (Wildman–Crippen LogP) is 4.45. The summed E-state index contributed by atoms with van der Waals surface area (Å²) in [7, 11) is 0. The van der Waals surface area contributed by atoms with Gasteiger partial charge in [-0.15, -0.1) is 0 Å². The summed E-state index contributed by atoms with van der Waals surface area (Å²) in [5, 5.41) is 4.08. The first-order valence-electron chi connectivity index (χ1n) is 14.3. The minimum absolute atomic E-state index is 0.0146. The van der Waals surface area contributed by atoms with Crippen molar-refractivity contribution in [2.24, 2.45) is 11.8 Å². The number of anilines is 1. The Morgan fingerprint density at radius 1 is 0.974 bits per heavy atom. The zero-order chi connectivity index (χ0) is 25.9. The number of halogens is 1. The van der Waals surface area contributed by atoms with Crippen molar-refractivity contribution < 1.29 is 4.79 Å². The number of imidazole rings is 1. The van der Waals surface area contributed by atoms with Gasteiger partial charge < -0.3 is 14.8 Å². The SMILES string of the molecule is O=C(NCC1CCN(Cc2ccc(Cl)cc2)CC1)[C@H]1CCCN(c2ncnc3c2nc2n3CCCCC2)C1. The summed E-state index contributed by atoms with van der Waals surface area (Å²) in [6.45, 7) is 6.45. The van der Waals surface area contributed by atoms with Gasteiger partial charge in [-0.2, -0.15) is 0 Å². The highest BCUT2D eigenvalue weighted by atomic mass is 35.5. The van der Waals surface area contributed by atoms with Crippen molar-refractivity contribution in [2.45, 2.75) is 64.5 Å². The van der Waals surface area contributed by atoms with Gasteiger partial charge in [0.25, 0.3) is 0 Å². The number of fused-ring (bicyclic) bond motifs is 3. The normalized spacial score (nSPS) is 21.3. The molecule has 8 nitrogen and oxygen atoms in total. The summed E-state index contributed by atoms with van der Waals surface area (Å²) in [5.41, 5.74) is 3.15. The quantitative estimate of drug-likeness (QED) is 0.502. The summed E-state index contributed by atoms with van der Waals surface area (Å²) < 4.78 is 2.28. The van der Waals surface area contributed by atoms with Crippen LogP contribution in [0.25, 0.3) is 11.2 Å². The van der Waals surface area contributed by atoms with Crippen molar-refractivity contribution in [3.63, 3.8) is 0 Å². The van der Waals surface area contributed by atoms with E-state index in [-0.39, 0.29) is 11.8 Å². The smallest absolute Gasteiger partial charge is 0.224 e. The van der Waals surface area contributed by atoms with Crippen LogP contribution >= 0.6 is 11.6 Å². The van der Waals surface area contributed by atoms with Crippen LogP contribution in [-0.2, 0) is 24.3 Å². The number of hydrogen-bond donors (Lipinski definition) is 1. The molecule has 3 aliphatic heterocycles. The van der Waals surface area contributed by atoms with E-state index in [1.54, 1.807) is 6.33 Å². The van der Waals surface area contributed by atoms with E-state index in [0.717, 1.165) is 99.2 Å². The van der Waals surface area contributed by atoms with Gasteiger partial charge in [0.2, 0.25) is 5.91 Å². The van der Waals surface area contributed by atoms with E-state index >= 15 is 0 Å². The summed E-state index contributed by atoms with van der Waals surface area (Å²) in [4.78, 5) is 32.2. The third-order valence-electron chi connectivity index (χ3n) is 8.56. The second-order valence-electron chi connectivity index (χ2n) is 11.2. The van der Waals surface area contributed by atoms with E-state index in [9.17, 15) is 4.79 Å². The maximum Gasteiger partial charge on any atom is 0.224 e. The van der Waals surface area contributed by atoms with Gasteiger partial charge in [0.05, 0.1) is 5.92 Å². The molecule has 0 spiro atoms. The number of hydrogen-bond acceptors (Lipinski definition) is 6. The van der Waals surface area contributed by atoms with Gasteiger partial charge in [-0.1, -0.05) is 30.2 Å². The van der Waals surface area contributed by atoms with Gasteiger partial charge in [-0.25, -0.2) is 15.0 Å². The van der Waals surface area contributed by atoms with Crippen LogP contribution in [0.2, 0.25) is 5.02 Å². The molecule has 1 aromatic carbocycles. The molecular formula is C29H38ClN7O. The second kappa shape index (κ2) is 11.6. The molecule has 0 saturated carbocycles. The van der Waals surface area contributed by atoms with Crippen molar-refractivity contribution in [3.8, 4) is 0 Å². The van der Waals surface area contributed by atoms with E-state index in [1.165, 1.54) is 24.8 Å². The first-order valence-corrected chi connectivity index (χ1v) is 14.7. The molecule has 9 heteroatoms. The molecule has 0 unspecified atom stereocenters. The maximum atomic E-state index is 13.2. The van der Waals surface area contributed by atoms with Crippen molar-refractivity contribution in [2.75, 3.05) is 37.6 Å². The highest BCUT2D eigenvalue weighted by molar-refractivity contribution is 6.30. The molecule has 3 aliphatic rings. The molecule has 1 amide bonds. The molecule has 2 fully saturated rings. The minimum Gasteiger partial charge on any atom is -0.356 e. The van der Waals surface area contributed by atoms with Crippen LogP contribution in [0.1, 0.15) is 56.3 Å². The number of aromatic nitrogens is 4. The van der Waals surface area contributed by atoms with Gasteiger partial charge in [0, 0.05) is 44.2 Å². The lowest BCUT2D eigenvalue weighted by Gasteiger charge is -2.34. The third-order valence-corrected chi connectivity index (χ3v) is 8.81. The van der Waals surface area contributed by atoms with Crippen LogP contribution in [0, 0.1) is 11.8 Å². The van der Waals surface area contributed by atoms with Gasteiger partial charge in [0.15, 0.2) is 17.0 Å². The summed E-state index contributed by atoms with van der Waals surface area (Å²) in [6.07, 6.45) is 10.4. The molecule has 1 atom stereocenters. The number of nitrogens with one attached hydrogen (secondary N) is 1. The molecule has 2 saturated heterocycles. The fourth-order valence-electron chi connectivity index (χ4n) is 6.33. The Bertz CT molecular complexity index is 1250. The average Bonchev–Trinajstić information content (AvgIpc) is 3.14. The third kappa shape index (κ3) is 5.66. The molecule has 38 heavy (non-hydrogen) atoms. The number of benzene rings is 1. The predicted molar refractivity (Wildman–Crippen MR) is 150 cm³/mol. The van der Waals surface area contributed by atoms with Crippen molar-refractivity contribution >= 4 is 34.5 Å². The lowest BCUT2D eigenvalue weighted by Crippen LogP contribution is -2.45. The lowest BCUT2D eigenvalue weighted by molar-refractivity contribution is -0.125. The van der Waals surface area contributed by atoms with E-state index in [1.807, 2.05) is 12.1 Å². The molecule has 1 N–H and O–H groups in total. The van der Waals surface area contributed by atoms with Gasteiger partial charge in [-0.05, 0) is 75.2 Å². The topological polar surface area (TPSA) is 79.2 Å². The monoisotopic (exact) mass is 535 g/mol. The standard InChI is InChI=1S/C29H38ClN7O/c30-24-9-7-22(8-10-24)18-35-15-11-21(12-16-35)17-31-29(38)23-5-4-13-36(19-23)27-26-28(33-20-32-27)37-14-3-1-2-6-25(37)34-26/h7-10,20-21,23H,1-6,11-19H2,(H,31,38)/t23-/m0/s1. The molecule has 3 aromatic rings. The molecule has 0 aliphatic carbocycles. The largest absolute Gasteiger partial charge is 0.356 e. The van der Waals surface area contributed by atoms with Crippen LogP contribution in [-0.4, -0.2) is 63.0 Å². The molecule has 0 radical (unpaired) electrons. The average molecular weight is 536 g/mol. The Labute approximate surface area is 229 Å². The van der Waals surface area contributed by atoms with E-state index in [0.29, 0.717) is 12.5 Å². The Morgan fingerprint density at radius 2 is 1.82 bits per heavy atom. The Hall–Kier alpha value is -2.71. The summed E-state index contributed by atoms with van der Waals surface area (Å²) in [6, 6.07) is 8.14. The molecule has 6 rings (SSSR count). The number of aryl methyl sites for hydroxylation is 2. The summed E-state index contributed by atoms with van der Waals surface area (Å²) in [5.74, 6) is 2.73. The van der Waals surface area contributed by atoms with Crippen LogP contribution in [0.3, 0.4) is 0 Å². The minimum atomic E-state index is -0.0146. The second-order valence-corrected chi connectivity index (χ2v) is 11.7. The fourth-order valence-corrected chi connectivity index (χ4v) is 6.45. The molecular weight excluding hydrogens is 498 g/mol. The fraction of sp³-hybridized carbons (Fsp3) is 0.586. The zero-order valence-electron chi connectivity index (χ0n) is 22.1. The number of amides is 1. The Balaban J connectivity index is 1.02. The number of rotatable bonds is 6. The Kier molecular flexibility index (Phi) is 7.79. The van der Waals surface area contributed by atoms with E-state index < -0.39 is 0 Å². The first-order chi connectivity index (χ1) is 18.6. The maximum absolute atomic E-state index is 13.2. The van der Waals surface area contributed by atoms with Gasteiger partial charge >= 0.3 is 0 Å². The van der Waals surface area contributed by atoms with Crippen molar-refractivity contribution in [1.82, 2.24) is 29.7 Å². The van der Waals surface area contributed by atoms with Crippen LogP contribution in [0.4, 0.5) is 5.82 Å².